The number of cyclic esters (lactones) is 2. The number of halogens is 1. The maximum absolute atomic E-state index is 10.9. The summed E-state index contributed by atoms with van der Waals surface area (Å²) in [7, 11) is 0. The Kier molecular flexibility index (Phi) is 2.49. The summed E-state index contributed by atoms with van der Waals surface area (Å²) in [6.45, 7) is 1.87. The summed E-state index contributed by atoms with van der Waals surface area (Å²) in [6, 6.07) is 0. The second kappa shape index (κ2) is 3.22. The Labute approximate surface area is 69.7 Å². The van der Waals surface area contributed by atoms with Crippen LogP contribution in [0.1, 0.15) is 19.8 Å². The lowest BCUT2D eigenvalue weighted by molar-refractivity contribution is -0.153. The van der Waals surface area contributed by atoms with Crippen LogP contribution in [-0.2, 0) is 14.3 Å². The highest BCUT2D eigenvalue weighted by molar-refractivity contribution is 6.22. The Balaban J connectivity index is 2.59. The molecule has 0 aliphatic carbocycles. The number of rotatable bonds is 2. The third-order valence-electron chi connectivity index (χ3n) is 1.73. The number of hydrogen-bond acceptors (Lipinski definition) is 3. The van der Waals surface area contributed by atoms with Crippen LogP contribution in [0, 0.1) is 5.92 Å². The molecule has 1 aliphatic heterocycles. The minimum absolute atomic E-state index is 0.140. The monoisotopic (exact) mass is 176 g/mol. The lowest BCUT2D eigenvalue weighted by Crippen LogP contribution is -2.18. The van der Waals surface area contributed by atoms with Crippen LogP contribution >= 0.6 is 11.6 Å². The van der Waals surface area contributed by atoms with E-state index in [1.165, 1.54) is 0 Å². The van der Waals surface area contributed by atoms with Crippen molar-refractivity contribution in [3.8, 4) is 0 Å². The van der Waals surface area contributed by atoms with E-state index in [4.69, 9.17) is 11.6 Å². The van der Waals surface area contributed by atoms with Gasteiger partial charge in [0.2, 0.25) is 0 Å². The molecule has 0 saturated carbocycles. The van der Waals surface area contributed by atoms with Crippen LogP contribution in [0.2, 0.25) is 0 Å². The van der Waals surface area contributed by atoms with Crippen molar-refractivity contribution in [2.24, 2.45) is 5.92 Å². The molecular weight excluding hydrogens is 168 g/mol. The molecule has 4 heteroatoms. The van der Waals surface area contributed by atoms with Crippen molar-refractivity contribution in [2.75, 3.05) is 0 Å². The SMILES string of the molecule is CCC(Cl)C1CC(=O)OC1=O. The van der Waals surface area contributed by atoms with E-state index in [-0.39, 0.29) is 11.8 Å². The lowest BCUT2D eigenvalue weighted by atomic mass is 10.0. The molecule has 0 aromatic heterocycles. The summed E-state index contributed by atoms with van der Waals surface area (Å²) in [5, 5.41) is -0.269. The predicted octanol–water partition coefficient (Wildman–Crippen LogP) is 1.09. The normalized spacial score (nSPS) is 26.9. The molecule has 0 amide bonds. The van der Waals surface area contributed by atoms with Gasteiger partial charge in [0.25, 0.3) is 0 Å². The maximum atomic E-state index is 10.9. The van der Waals surface area contributed by atoms with Crippen LogP contribution in [0.15, 0.2) is 0 Å². The fraction of sp³-hybridized carbons (Fsp3) is 0.714. The molecule has 0 radical (unpaired) electrons. The first-order valence-corrected chi connectivity index (χ1v) is 3.97. The number of ether oxygens (including phenoxy) is 1. The molecule has 1 heterocycles. The molecule has 2 atom stereocenters. The van der Waals surface area contributed by atoms with Crippen molar-refractivity contribution < 1.29 is 14.3 Å². The molecule has 3 nitrogen and oxygen atoms in total. The van der Waals surface area contributed by atoms with Gasteiger partial charge >= 0.3 is 11.9 Å². The summed E-state index contributed by atoms with van der Waals surface area (Å²) in [6.07, 6.45) is 0.815. The second-order valence-corrected chi connectivity index (χ2v) is 3.09. The van der Waals surface area contributed by atoms with Crippen LogP contribution < -0.4 is 0 Å². The molecule has 11 heavy (non-hydrogen) atoms. The van der Waals surface area contributed by atoms with E-state index in [0.717, 1.165) is 0 Å². The van der Waals surface area contributed by atoms with E-state index in [0.29, 0.717) is 6.42 Å². The van der Waals surface area contributed by atoms with Crippen LogP contribution in [0.25, 0.3) is 0 Å². The van der Waals surface area contributed by atoms with Crippen molar-refractivity contribution in [1.82, 2.24) is 0 Å². The molecule has 0 aromatic carbocycles. The van der Waals surface area contributed by atoms with Crippen LogP contribution in [-0.4, -0.2) is 17.3 Å². The first-order chi connectivity index (χ1) is 5.15. The molecule has 0 spiro atoms. The molecule has 1 rings (SSSR count). The average molecular weight is 177 g/mol. The third-order valence-corrected chi connectivity index (χ3v) is 2.34. The molecule has 0 N–H and O–H groups in total. The Bertz CT molecular complexity index is 190. The van der Waals surface area contributed by atoms with Gasteiger partial charge in [0.15, 0.2) is 0 Å². The third kappa shape index (κ3) is 1.71. The maximum Gasteiger partial charge on any atom is 0.318 e. The van der Waals surface area contributed by atoms with E-state index in [1.807, 2.05) is 6.92 Å². The van der Waals surface area contributed by atoms with Gasteiger partial charge in [-0.3, -0.25) is 9.59 Å². The topological polar surface area (TPSA) is 43.4 Å². The molecule has 1 aliphatic rings. The quantitative estimate of drug-likeness (QED) is 0.360. The van der Waals surface area contributed by atoms with Crippen LogP contribution in [0.3, 0.4) is 0 Å². The van der Waals surface area contributed by atoms with E-state index >= 15 is 0 Å². The zero-order chi connectivity index (χ0) is 8.43. The van der Waals surface area contributed by atoms with Crippen molar-refractivity contribution in [3.05, 3.63) is 0 Å². The van der Waals surface area contributed by atoms with Crippen molar-refractivity contribution in [3.63, 3.8) is 0 Å². The van der Waals surface area contributed by atoms with E-state index < -0.39 is 17.9 Å². The zero-order valence-corrected chi connectivity index (χ0v) is 6.93. The second-order valence-electron chi connectivity index (χ2n) is 2.53. The minimum atomic E-state index is -0.475. The van der Waals surface area contributed by atoms with Crippen LogP contribution in [0.5, 0.6) is 0 Å². The Morgan fingerprint density at radius 2 is 2.36 bits per heavy atom. The molecule has 0 bridgehead atoms. The summed E-state index contributed by atoms with van der Waals surface area (Å²) in [5.41, 5.74) is 0. The number of hydrogen-bond donors (Lipinski definition) is 0. The number of carbonyl (C=O) groups is 2. The molecule has 0 aromatic rings. The van der Waals surface area contributed by atoms with Crippen molar-refractivity contribution >= 4 is 23.5 Å². The molecule has 62 valence electrons. The van der Waals surface area contributed by atoms with Gasteiger partial charge in [-0.25, -0.2) is 0 Å². The molecule has 2 unspecified atom stereocenters. The molecule has 1 fully saturated rings. The van der Waals surface area contributed by atoms with E-state index in [1.54, 1.807) is 0 Å². The highest BCUT2D eigenvalue weighted by Crippen LogP contribution is 2.25. The Hall–Kier alpha value is -0.570. The highest BCUT2D eigenvalue weighted by Gasteiger charge is 2.37. The van der Waals surface area contributed by atoms with Gasteiger partial charge in [0.05, 0.1) is 12.3 Å². The summed E-state index contributed by atoms with van der Waals surface area (Å²) >= 11 is 5.78. The zero-order valence-electron chi connectivity index (χ0n) is 6.17. The standard InChI is InChI=1S/C7H9ClO3/c1-2-5(8)4-3-6(9)11-7(4)10/h4-5H,2-3H2,1H3. The lowest BCUT2D eigenvalue weighted by Gasteiger charge is -2.08. The van der Waals surface area contributed by atoms with Crippen molar-refractivity contribution in [2.45, 2.75) is 25.1 Å². The van der Waals surface area contributed by atoms with Gasteiger partial charge < -0.3 is 4.74 Å². The van der Waals surface area contributed by atoms with Gasteiger partial charge in [-0.15, -0.1) is 11.6 Å². The number of carbonyl (C=O) groups excluding carboxylic acids is 2. The number of esters is 2. The Morgan fingerprint density at radius 1 is 1.73 bits per heavy atom. The Morgan fingerprint density at radius 3 is 2.73 bits per heavy atom. The molecular formula is C7H9ClO3. The summed E-state index contributed by atoms with van der Waals surface area (Å²) < 4.78 is 4.33. The van der Waals surface area contributed by atoms with Gasteiger partial charge in [0.1, 0.15) is 0 Å². The van der Waals surface area contributed by atoms with Gasteiger partial charge in [-0.1, -0.05) is 6.92 Å². The van der Waals surface area contributed by atoms with Gasteiger partial charge in [0, 0.05) is 5.38 Å². The van der Waals surface area contributed by atoms with E-state index in [2.05, 4.69) is 4.74 Å². The fourth-order valence-corrected chi connectivity index (χ4v) is 1.24. The smallest absolute Gasteiger partial charge is 0.318 e. The number of alkyl halides is 1. The van der Waals surface area contributed by atoms with Gasteiger partial charge in [-0.05, 0) is 6.42 Å². The van der Waals surface area contributed by atoms with Gasteiger partial charge in [-0.2, -0.15) is 0 Å². The van der Waals surface area contributed by atoms with Crippen molar-refractivity contribution in [1.29, 1.82) is 0 Å². The fourth-order valence-electron chi connectivity index (χ4n) is 1.05. The average Bonchev–Trinajstić information content (AvgIpc) is 2.28. The van der Waals surface area contributed by atoms with Crippen LogP contribution in [0.4, 0.5) is 0 Å². The first-order valence-electron chi connectivity index (χ1n) is 3.53. The van der Waals surface area contributed by atoms with E-state index in [9.17, 15) is 9.59 Å². The predicted molar refractivity (Wildman–Crippen MR) is 39.1 cm³/mol. The highest BCUT2D eigenvalue weighted by atomic mass is 35.5. The minimum Gasteiger partial charge on any atom is -0.393 e. The molecule has 1 saturated heterocycles. The summed E-state index contributed by atoms with van der Waals surface area (Å²) in [5.74, 6) is -1.36. The first kappa shape index (κ1) is 8.53. The largest absolute Gasteiger partial charge is 0.393 e. The summed E-state index contributed by atoms with van der Waals surface area (Å²) in [4.78, 5) is 21.4.